The molecule has 1 aliphatic heterocycles. The zero-order chi connectivity index (χ0) is 23.3. The first-order valence-corrected chi connectivity index (χ1v) is 10.1. The number of hydrogen-bond acceptors (Lipinski definition) is 8. The lowest BCUT2D eigenvalue weighted by atomic mass is 10.0. The average molecular weight is 448 g/mol. The molecule has 1 saturated heterocycles. The van der Waals surface area contributed by atoms with E-state index in [-0.39, 0.29) is 6.04 Å². The van der Waals surface area contributed by atoms with Crippen LogP contribution in [0.15, 0.2) is 41.8 Å². The predicted octanol–water partition coefficient (Wildman–Crippen LogP) is 1.90. The van der Waals surface area contributed by atoms with Crippen LogP contribution in [0.25, 0.3) is 5.57 Å². The summed E-state index contributed by atoms with van der Waals surface area (Å²) in [4.78, 5) is 16.8. The van der Waals surface area contributed by atoms with E-state index in [0.29, 0.717) is 55.5 Å². The van der Waals surface area contributed by atoms with E-state index in [9.17, 15) is 13.2 Å². The van der Waals surface area contributed by atoms with Gasteiger partial charge in [-0.2, -0.15) is 13.2 Å². The molecule has 2 heterocycles. The molecular formula is C21H27F3N8. The Hall–Kier alpha value is -3.18. The highest BCUT2D eigenvalue weighted by molar-refractivity contribution is 6.13. The second-order valence-electron chi connectivity index (χ2n) is 7.36. The molecule has 3 rings (SSSR count). The molecular weight excluding hydrogens is 421 g/mol. The molecule has 32 heavy (non-hydrogen) atoms. The molecule has 172 valence electrons. The number of nitrogens with two attached hydrogens (primary N) is 3. The maximum Gasteiger partial charge on any atom is 0.416 e. The summed E-state index contributed by atoms with van der Waals surface area (Å²) in [6.45, 7) is 2.85. The van der Waals surface area contributed by atoms with Crippen molar-refractivity contribution in [2.24, 2.45) is 16.5 Å². The summed E-state index contributed by atoms with van der Waals surface area (Å²) < 4.78 is 38.6. The number of piperazine rings is 1. The average Bonchev–Trinajstić information content (AvgIpc) is 2.78. The summed E-state index contributed by atoms with van der Waals surface area (Å²) >= 11 is 0. The molecule has 1 aliphatic rings. The zero-order valence-electron chi connectivity index (χ0n) is 17.8. The van der Waals surface area contributed by atoms with E-state index in [2.05, 4.69) is 24.8 Å². The van der Waals surface area contributed by atoms with Gasteiger partial charge in [-0.15, -0.1) is 0 Å². The molecule has 2 aromatic rings. The van der Waals surface area contributed by atoms with E-state index >= 15 is 0 Å². The van der Waals surface area contributed by atoms with Gasteiger partial charge >= 0.3 is 6.18 Å². The Balaban J connectivity index is 1.77. The first-order chi connectivity index (χ1) is 15.3. The molecule has 8 nitrogen and oxygen atoms in total. The summed E-state index contributed by atoms with van der Waals surface area (Å²) in [5.41, 5.74) is 19.2. The van der Waals surface area contributed by atoms with E-state index in [0.717, 1.165) is 17.7 Å². The minimum absolute atomic E-state index is 0.180. The van der Waals surface area contributed by atoms with E-state index in [1.807, 2.05) is 0 Å². The van der Waals surface area contributed by atoms with Gasteiger partial charge < -0.3 is 22.1 Å². The summed E-state index contributed by atoms with van der Waals surface area (Å²) in [5, 5.41) is 0. The smallest absolute Gasteiger partial charge is 0.404 e. The Kier molecular flexibility index (Phi) is 7.31. The molecule has 1 fully saturated rings. The maximum atomic E-state index is 12.9. The molecule has 0 unspecified atom stereocenters. The van der Waals surface area contributed by atoms with Crippen molar-refractivity contribution in [2.45, 2.75) is 12.2 Å². The highest BCUT2D eigenvalue weighted by Gasteiger charge is 2.31. The molecule has 0 aliphatic carbocycles. The number of rotatable bonds is 6. The highest BCUT2D eigenvalue weighted by Crippen LogP contribution is 2.32. The van der Waals surface area contributed by atoms with Gasteiger partial charge in [0.25, 0.3) is 0 Å². The number of benzene rings is 1. The topological polar surface area (TPSA) is 123 Å². The number of anilines is 2. The van der Waals surface area contributed by atoms with E-state index < -0.39 is 11.7 Å². The summed E-state index contributed by atoms with van der Waals surface area (Å²) in [5.74, 6) is 0.964. The van der Waals surface area contributed by atoms with Crippen LogP contribution in [0.4, 0.5) is 24.8 Å². The van der Waals surface area contributed by atoms with Crippen LogP contribution >= 0.6 is 0 Å². The van der Waals surface area contributed by atoms with Gasteiger partial charge in [0, 0.05) is 63.8 Å². The predicted molar refractivity (Wildman–Crippen MR) is 120 cm³/mol. The summed E-state index contributed by atoms with van der Waals surface area (Å²) in [6, 6.07) is 5.01. The molecule has 6 N–H and O–H groups in total. The Morgan fingerprint density at radius 2 is 1.81 bits per heavy atom. The minimum atomic E-state index is -4.36. The third kappa shape index (κ3) is 5.00. The fourth-order valence-electron chi connectivity index (χ4n) is 3.87. The fraction of sp³-hybridized carbons (Fsp3) is 0.381. The quantitative estimate of drug-likeness (QED) is 0.577. The normalized spacial score (nSPS) is 17.2. The van der Waals surface area contributed by atoms with Crippen molar-refractivity contribution in [1.29, 1.82) is 0 Å². The third-order valence-electron chi connectivity index (χ3n) is 5.49. The standard InChI is InChI=1S/C21H27F3N8/c1-28-12-15(10-25)18-19(27)29-13-30-20(18)32-8-6-31(7-9-32)17(11-26)14-2-4-16(5-3-14)21(22,23)24/h2-5,10,12-13,17H,6-9,11,25-26H2,1H3,(H2,27,29,30)/t17-/m0/s1. The van der Waals surface area contributed by atoms with Crippen LogP contribution in [0.2, 0.25) is 0 Å². The van der Waals surface area contributed by atoms with E-state index in [4.69, 9.17) is 17.2 Å². The molecule has 1 aromatic heterocycles. The van der Waals surface area contributed by atoms with Crippen molar-refractivity contribution < 1.29 is 13.2 Å². The van der Waals surface area contributed by atoms with Crippen molar-refractivity contribution in [3.05, 3.63) is 53.5 Å². The van der Waals surface area contributed by atoms with E-state index in [1.54, 1.807) is 13.3 Å². The number of hydrogen-bond donors (Lipinski definition) is 3. The summed E-state index contributed by atoms with van der Waals surface area (Å²) in [6.07, 6.45) is 0.0577. The van der Waals surface area contributed by atoms with Crippen molar-refractivity contribution in [3.63, 3.8) is 0 Å². The molecule has 1 atom stereocenters. The van der Waals surface area contributed by atoms with Crippen molar-refractivity contribution in [2.75, 3.05) is 50.4 Å². The number of alkyl halides is 3. The zero-order valence-corrected chi connectivity index (χ0v) is 17.8. The Morgan fingerprint density at radius 1 is 1.16 bits per heavy atom. The van der Waals surface area contributed by atoms with Crippen LogP contribution in [-0.2, 0) is 6.18 Å². The van der Waals surface area contributed by atoms with Gasteiger partial charge in [0.05, 0.1) is 11.1 Å². The van der Waals surface area contributed by atoms with Gasteiger partial charge in [-0.25, -0.2) is 9.97 Å². The molecule has 0 bridgehead atoms. The highest BCUT2D eigenvalue weighted by atomic mass is 19.4. The third-order valence-corrected chi connectivity index (χ3v) is 5.49. The lowest BCUT2D eigenvalue weighted by Gasteiger charge is -2.40. The largest absolute Gasteiger partial charge is 0.416 e. The fourth-order valence-corrected chi connectivity index (χ4v) is 3.87. The van der Waals surface area contributed by atoms with Gasteiger partial charge in [-0.3, -0.25) is 9.89 Å². The lowest BCUT2D eigenvalue weighted by Crippen LogP contribution is -2.49. The molecule has 0 radical (unpaired) electrons. The first-order valence-electron chi connectivity index (χ1n) is 10.1. The number of halogens is 3. The molecule has 1 aromatic carbocycles. The van der Waals surface area contributed by atoms with Crippen LogP contribution in [-0.4, -0.2) is 60.9 Å². The number of allylic oxidation sites excluding steroid dienone is 1. The number of aliphatic imine (C=N–C) groups is 1. The van der Waals surface area contributed by atoms with Gasteiger partial charge in [-0.1, -0.05) is 12.1 Å². The monoisotopic (exact) mass is 448 g/mol. The van der Waals surface area contributed by atoms with Crippen molar-refractivity contribution in [1.82, 2.24) is 14.9 Å². The molecule has 0 saturated carbocycles. The van der Waals surface area contributed by atoms with Crippen molar-refractivity contribution >= 4 is 23.4 Å². The van der Waals surface area contributed by atoms with Crippen LogP contribution in [0.5, 0.6) is 0 Å². The Morgan fingerprint density at radius 3 is 2.34 bits per heavy atom. The van der Waals surface area contributed by atoms with Crippen molar-refractivity contribution in [3.8, 4) is 0 Å². The molecule has 0 spiro atoms. The number of nitrogens with zero attached hydrogens (tertiary/aromatic N) is 5. The molecule has 11 heteroatoms. The van der Waals surface area contributed by atoms with Crippen LogP contribution in [0.3, 0.4) is 0 Å². The Labute approximate surface area is 184 Å². The van der Waals surface area contributed by atoms with Gasteiger partial charge in [0.1, 0.15) is 18.0 Å². The van der Waals surface area contributed by atoms with Gasteiger partial charge in [0.2, 0.25) is 0 Å². The second-order valence-corrected chi connectivity index (χ2v) is 7.36. The van der Waals surface area contributed by atoms with Gasteiger partial charge in [-0.05, 0) is 17.7 Å². The number of aromatic nitrogens is 2. The van der Waals surface area contributed by atoms with Crippen LogP contribution in [0.1, 0.15) is 22.7 Å². The Bertz CT molecular complexity index is 964. The minimum Gasteiger partial charge on any atom is -0.404 e. The lowest BCUT2D eigenvalue weighted by molar-refractivity contribution is -0.137. The summed E-state index contributed by atoms with van der Waals surface area (Å²) in [7, 11) is 1.64. The van der Waals surface area contributed by atoms with Gasteiger partial charge in [0.15, 0.2) is 0 Å². The number of nitrogen functional groups attached to an aromatic ring is 1. The molecule has 0 amide bonds. The maximum absolute atomic E-state index is 12.9. The SMILES string of the molecule is CN=CC(=CN)c1c(N)ncnc1N1CCN([C@@H](CN)c2ccc(C(F)(F)F)cc2)CC1. The first kappa shape index (κ1) is 23.5. The second kappa shape index (κ2) is 9.96. The van der Waals surface area contributed by atoms with E-state index in [1.165, 1.54) is 24.7 Å². The van der Waals surface area contributed by atoms with Crippen LogP contribution in [0, 0.1) is 0 Å². The van der Waals surface area contributed by atoms with Crippen LogP contribution < -0.4 is 22.1 Å².